The molecule has 1 aliphatic heterocycles. The average Bonchev–Trinajstić information content (AvgIpc) is 3.12. The van der Waals surface area contributed by atoms with E-state index in [0.717, 1.165) is 17.7 Å². The van der Waals surface area contributed by atoms with Crippen LogP contribution in [-0.2, 0) is 11.3 Å². The lowest BCUT2D eigenvalue weighted by atomic mass is 10.0. The first-order chi connectivity index (χ1) is 15.3. The Morgan fingerprint density at radius 1 is 1.16 bits per heavy atom. The molecule has 7 nitrogen and oxygen atoms in total. The van der Waals surface area contributed by atoms with E-state index in [9.17, 15) is 9.50 Å². The SMILES string of the molecule is CC(C)(O)C#Cc1cccc2c1COCCN2c1nc2nncn2c2c(F)ccc(F)c12. The smallest absolute Gasteiger partial charge is 0.257 e. The number of aromatic nitrogens is 4. The molecule has 32 heavy (non-hydrogen) atoms. The molecular formula is C23H19F2N5O2. The Labute approximate surface area is 182 Å². The summed E-state index contributed by atoms with van der Waals surface area (Å²) in [5.41, 5.74) is 1.02. The van der Waals surface area contributed by atoms with Crippen LogP contribution in [0, 0.1) is 23.5 Å². The maximum absolute atomic E-state index is 15.1. The van der Waals surface area contributed by atoms with Gasteiger partial charge in [-0.15, -0.1) is 10.2 Å². The topological polar surface area (TPSA) is 75.8 Å². The third-order valence-corrected chi connectivity index (χ3v) is 5.18. The number of halogens is 2. The number of hydrogen-bond acceptors (Lipinski definition) is 6. The monoisotopic (exact) mass is 435 g/mol. The van der Waals surface area contributed by atoms with Gasteiger partial charge in [0.1, 0.15) is 29.4 Å². The number of rotatable bonds is 1. The Morgan fingerprint density at radius 2 is 1.97 bits per heavy atom. The van der Waals surface area contributed by atoms with Gasteiger partial charge in [-0.1, -0.05) is 17.9 Å². The first-order valence-corrected chi connectivity index (χ1v) is 10.0. The summed E-state index contributed by atoms with van der Waals surface area (Å²) in [5.74, 6) is 4.98. The van der Waals surface area contributed by atoms with E-state index in [0.29, 0.717) is 24.4 Å². The predicted octanol–water partition coefficient (Wildman–Crippen LogP) is 3.35. The van der Waals surface area contributed by atoms with Gasteiger partial charge in [0.15, 0.2) is 0 Å². The molecular weight excluding hydrogens is 416 g/mol. The van der Waals surface area contributed by atoms with E-state index in [1.807, 2.05) is 18.2 Å². The Balaban J connectivity index is 1.78. The minimum atomic E-state index is -1.16. The third-order valence-electron chi connectivity index (χ3n) is 5.18. The zero-order valence-corrected chi connectivity index (χ0v) is 17.4. The van der Waals surface area contributed by atoms with Gasteiger partial charge in [0, 0.05) is 23.4 Å². The van der Waals surface area contributed by atoms with Gasteiger partial charge in [0.2, 0.25) is 0 Å². The van der Waals surface area contributed by atoms with E-state index in [1.54, 1.807) is 18.7 Å². The van der Waals surface area contributed by atoms with Gasteiger partial charge in [0.25, 0.3) is 5.78 Å². The van der Waals surface area contributed by atoms with E-state index in [1.165, 1.54) is 10.7 Å². The molecule has 162 valence electrons. The molecule has 0 saturated carbocycles. The fraction of sp³-hybridized carbons (Fsp3) is 0.261. The summed E-state index contributed by atoms with van der Waals surface area (Å²) in [4.78, 5) is 6.31. The van der Waals surface area contributed by atoms with Gasteiger partial charge in [-0.25, -0.2) is 8.78 Å². The first-order valence-electron chi connectivity index (χ1n) is 10.0. The first kappa shape index (κ1) is 20.3. The Morgan fingerprint density at radius 3 is 2.78 bits per heavy atom. The Hall–Kier alpha value is -3.61. The van der Waals surface area contributed by atoms with E-state index in [-0.39, 0.29) is 29.1 Å². The minimum Gasteiger partial charge on any atom is -0.378 e. The Bertz CT molecular complexity index is 1420. The van der Waals surface area contributed by atoms with E-state index in [2.05, 4.69) is 27.0 Å². The molecule has 1 aliphatic rings. The van der Waals surface area contributed by atoms with Crippen LogP contribution in [0.1, 0.15) is 25.0 Å². The number of ether oxygens (including phenoxy) is 1. The molecule has 0 atom stereocenters. The van der Waals surface area contributed by atoms with Crippen molar-refractivity contribution in [2.75, 3.05) is 18.1 Å². The summed E-state index contributed by atoms with van der Waals surface area (Å²) in [6.45, 7) is 4.18. The van der Waals surface area contributed by atoms with Gasteiger partial charge in [-0.3, -0.25) is 4.40 Å². The lowest BCUT2D eigenvalue weighted by molar-refractivity contribution is 0.133. The molecule has 0 saturated heterocycles. The maximum atomic E-state index is 15.1. The van der Waals surface area contributed by atoms with Crippen LogP contribution in [0.25, 0.3) is 16.7 Å². The van der Waals surface area contributed by atoms with Gasteiger partial charge in [-0.2, -0.15) is 4.98 Å². The van der Waals surface area contributed by atoms with Crippen LogP contribution in [0.5, 0.6) is 0 Å². The fourth-order valence-electron chi connectivity index (χ4n) is 3.79. The molecule has 1 N–H and O–H groups in total. The highest BCUT2D eigenvalue weighted by molar-refractivity contribution is 5.94. The summed E-state index contributed by atoms with van der Waals surface area (Å²) in [6, 6.07) is 7.67. The highest BCUT2D eigenvalue weighted by Gasteiger charge is 2.26. The molecule has 0 bridgehead atoms. The van der Waals surface area contributed by atoms with Crippen molar-refractivity contribution in [3.63, 3.8) is 0 Å². The number of hydrogen-bond donors (Lipinski definition) is 1. The molecule has 0 unspecified atom stereocenters. The largest absolute Gasteiger partial charge is 0.378 e. The van der Waals surface area contributed by atoms with Gasteiger partial charge in [0.05, 0.1) is 24.1 Å². The van der Waals surface area contributed by atoms with Crippen molar-refractivity contribution < 1.29 is 18.6 Å². The highest BCUT2D eigenvalue weighted by atomic mass is 19.1. The average molecular weight is 435 g/mol. The zero-order chi connectivity index (χ0) is 22.5. The van der Waals surface area contributed by atoms with Crippen molar-refractivity contribution in [1.29, 1.82) is 0 Å². The molecule has 0 radical (unpaired) electrons. The summed E-state index contributed by atoms with van der Waals surface area (Å²) in [5, 5.41) is 17.8. The van der Waals surface area contributed by atoms with Crippen LogP contribution in [0.2, 0.25) is 0 Å². The molecule has 5 rings (SSSR count). The molecule has 3 heterocycles. The molecule has 9 heteroatoms. The molecule has 0 aliphatic carbocycles. The lowest BCUT2D eigenvalue weighted by Gasteiger charge is -2.25. The van der Waals surface area contributed by atoms with Crippen molar-refractivity contribution in [3.8, 4) is 11.8 Å². The van der Waals surface area contributed by atoms with Crippen LogP contribution >= 0.6 is 0 Å². The highest BCUT2D eigenvalue weighted by Crippen LogP contribution is 2.37. The van der Waals surface area contributed by atoms with Crippen molar-refractivity contribution in [2.45, 2.75) is 26.1 Å². The summed E-state index contributed by atoms with van der Waals surface area (Å²) < 4.78 is 37.0. The van der Waals surface area contributed by atoms with Gasteiger partial charge in [-0.05, 0) is 38.1 Å². The quantitative estimate of drug-likeness (QED) is 0.462. The number of fused-ring (bicyclic) bond motifs is 4. The van der Waals surface area contributed by atoms with Crippen LogP contribution in [0.4, 0.5) is 20.3 Å². The molecule has 0 amide bonds. The molecule has 2 aromatic heterocycles. The number of benzene rings is 2. The van der Waals surface area contributed by atoms with Crippen molar-refractivity contribution in [3.05, 3.63) is 59.4 Å². The van der Waals surface area contributed by atoms with E-state index < -0.39 is 17.2 Å². The second-order valence-electron chi connectivity index (χ2n) is 8.01. The van der Waals surface area contributed by atoms with Crippen molar-refractivity contribution >= 4 is 28.2 Å². The molecule has 0 fully saturated rings. The third kappa shape index (κ3) is 3.43. The van der Waals surface area contributed by atoms with Crippen LogP contribution < -0.4 is 4.90 Å². The predicted molar refractivity (Wildman–Crippen MR) is 114 cm³/mol. The minimum absolute atomic E-state index is 0.0136. The number of anilines is 2. The maximum Gasteiger partial charge on any atom is 0.257 e. The summed E-state index contributed by atoms with van der Waals surface area (Å²) in [7, 11) is 0. The summed E-state index contributed by atoms with van der Waals surface area (Å²) >= 11 is 0. The number of nitrogens with zero attached hydrogens (tertiary/aromatic N) is 5. The van der Waals surface area contributed by atoms with Crippen molar-refractivity contribution in [1.82, 2.24) is 19.6 Å². The fourth-order valence-corrected chi connectivity index (χ4v) is 3.79. The van der Waals surface area contributed by atoms with Crippen molar-refractivity contribution in [2.24, 2.45) is 0 Å². The van der Waals surface area contributed by atoms with E-state index >= 15 is 4.39 Å². The molecule has 2 aromatic carbocycles. The Kier molecular flexibility index (Phi) is 4.77. The number of aliphatic hydroxyl groups is 1. The second kappa shape index (κ2) is 7.51. The lowest BCUT2D eigenvalue weighted by Crippen LogP contribution is -2.23. The standard InChI is InChI=1S/C23H19F2N5O2/c1-23(2,31)9-8-14-4-3-5-18-15(14)12-32-11-10-29(18)21-19-16(24)6-7-17(25)20(19)30-13-26-28-22(30)27-21/h3-7,13,31H,10-12H2,1-2H3. The van der Waals surface area contributed by atoms with E-state index in [4.69, 9.17) is 4.74 Å². The zero-order valence-electron chi connectivity index (χ0n) is 17.4. The summed E-state index contributed by atoms with van der Waals surface area (Å²) in [6.07, 6.45) is 1.31. The van der Waals surface area contributed by atoms with Gasteiger partial charge >= 0.3 is 0 Å². The molecule has 4 aromatic rings. The van der Waals surface area contributed by atoms with Crippen LogP contribution in [0.15, 0.2) is 36.7 Å². The molecule has 0 spiro atoms. The second-order valence-corrected chi connectivity index (χ2v) is 8.01. The van der Waals surface area contributed by atoms with Gasteiger partial charge < -0.3 is 14.7 Å². The normalized spacial score (nSPS) is 14.2. The van der Waals surface area contributed by atoms with Crippen LogP contribution in [-0.4, -0.2) is 43.4 Å². The van der Waals surface area contributed by atoms with Crippen LogP contribution in [0.3, 0.4) is 0 Å².